The second kappa shape index (κ2) is 3.97. The second-order valence-electron chi connectivity index (χ2n) is 5.09. The van der Waals surface area contributed by atoms with Crippen molar-refractivity contribution in [3.8, 4) is 0 Å². The van der Waals surface area contributed by atoms with Crippen molar-refractivity contribution in [2.45, 2.75) is 25.9 Å². The van der Waals surface area contributed by atoms with E-state index < -0.39 is 17.5 Å². The lowest BCUT2D eigenvalue weighted by molar-refractivity contribution is -0.189. The third-order valence-corrected chi connectivity index (χ3v) is 3.59. The maximum Gasteiger partial charge on any atom is 0.403 e. The number of rotatable bonds is 2. The number of H-pyrrole nitrogens is 1. The van der Waals surface area contributed by atoms with E-state index in [2.05, 4.69) is 15.3 Å². The number of amides is 1. The Morgan fingerprint density at radius 3 is 2.70 bits per heavy atom. The number of aromatic nitrogens is 2. The standard InChI is InChI=1S/C13H12F3N3O/c1-7-17-9-3-2-8(6-10(9)18-7)19-11(20)12(4-5-12)13(14,15)16/h2-3,6H,4-5H2,1H3,(H,17,18)(H,19,20). The fourth-order valence-electron chi connectivity index (χ4n) is 2.23. The van der Waals surface area contributed by atoms with Crippen LogP contribution in [0.4, 0.5) is 18.9 Å². The van der Waals surface area contributed by atoms with Gasteiger partial charge in [0.1, 0.15) is 11.2 Å². The molecule has 7 heteroatoms. The summed E-state index contributed by atoms with van der Waals surface area (Å²) in [6, 6.07) is 4.79. The summed E-state index contributed by atoms with van der Waals surface area (Å²) in [4.78, 5) is 19.0. The number of fused-ring (bicyclic) bond motifs is 1. The number of imidazole rings is 1. The molecule has 1 saturated carbocycles. The third kappa shape index (κ3) is 1.93. The third-order valence-electron chi connectivity index (χ3n) is 3.59. The van der Waals surface area contributed by atoms with Crippen molar-refractivity contribution < 1.29 is 18.0 Å². The minimum Gasteiger partial charge on any atom is -0.342 e. The van der Waals surface area contributed by atoms with Crippen molar-refractivity contribution in [3.63, 3.8) is 0 Å². The van der Waals surface area contributed by atoms with Crippen molar-refractivity contribution >= 4 is 22.6 Å². The molecule has 1 aliphatic carbocycles. The highest BCUT2D eigenvalue weighted by atomic mass is 19.4. The Hall–Kier alpha value is -2.05. The van der Waals surface area contributed by atoms with Gasteiger partial charge in [-0.05, 0) is 38.0 Å². The molecule has 0 unspecified atom stereocenters. The van der Waals surface area contributed by atoms with Crippen LogP contribution < -0.4 is 5.32 Å². The Balaban J connectivity index is 1.84. The Bertz CT molecular complexity index is 686. The summed E-state index contributed by atoms with van der Waals surface area (Å²) >= 11 is 0. The highest BCUT2D eigenvalue weighted by Gasteiger charge is 2.68. The molecule has 0 aliphatic heterocycles. The van der Waals surface area contributed by atoms with E-state index in [4.69, 9.17) is 0 Å². The Morgan fingerprint density at radius 1 is 1.40 bits per heavy atom. The van der Waals surface area contributed by atoms with Crippen LogP contribution in [0.3, 0.4) is 0 Å². The first-order valence-corrected chi connectivity index (χ1v) is 6.16. The predicted octanol–water partition coefficient (Wildman–Crippen LogP) is 3.15. The molecule has 106 valence electrons. The molecule has 2 aromatic rings. The molecule has 1 heterocycles. The molecule has 0 saturated heterocycles. The molecule has 1 amide bonds. The van der Waals surface area contributed by atoms with Crippen LogP contribution in [-0.4, -0.2) is 22.1 Å². The zero-order valence-electron chi connectivity index (χ0n) is 10.6. The van der Waals surface area contributed by atoms with Crippen molar-refractivity contribution in [2.24, 2.45) is 5.41 Å². The quantitative estimate of drug-likeness (QED) is 0.889. The van der Waals surface area contributed by atoms with E-state index in [9.17, 15) is 18.0 Å². The van der Waals surface area contributed by atoms with Gasteiger partial charge in [-0.25, -0.2) is 4.98 Å². The summed E-state index contributed by atoms with van der Waals surface area (Å²) in [5.74, 6) is -0.280. The topological polar surface area (TPSA) is 57.8 Å². The number of nitrogens with zero attached hydrogens (tertiary/aromatic N) is 1. The molecule has 20 heavy (non-hydrogen) atoms. The average molecular weight is 283 g/mol. The molecule has 3 rings (SSSR count). The summed E-state index contributed by atoms with van der Waals surface area (Å²) in [6.45, 7) is 1.78. The number of benzene rings is 1. The van der Waals surface area contributed by atoms with Gasteiger partial charge in [-0.15, -0.1) is 0 Å². The Kier molecular flexibility index (Phi) is 2.57. The van der Waals surface area contributed by atoms with Crippen LogP contribution in [0.15, 0.2) is 18.2 Å². The van der Waals surface area contributed by atoms with Gasteiger partial charge < -0.3 is 10.3 Å². The van der Waals surface area contributed by atoms with Gasteiger partial charge in [-0.1, -0.05) is 0 Å². The maximum absolute atomic E-state index is 12.8. The SMILES string of the molecule is Cc1nc2ccc(NC(=O)C3(C(F)(F)F)CC3)cc2[nH]1. The van der Waals surface area contributed by atoms with E-state index in [1.54, 1.807) is 25.1 Å². The van der Waals surface area contributed by atoms with E-state index in [0.717, 1.165) is 0 Å². The fourth-order valence-corrected chi connectivity index (χ4v) is 2.23. The van der Waals surface area contributed by atoms with Gasteiger partial charge in [0, 0.05) is 5.69 Å². The van der Waals surface area contributed by atoms with Crippen LogP contribution in [0, 0.1) is 12.3 Å². The summed E-state index contributed by atoms with van der Waals surface area (Å²) in [5.41, 5.74) is -0.484. The van der Waals surface area contributed by atoms with Crippen molar-refractivity contribution in [2.75, 3.05) is 5.32 Å². The molecule has 0 radical (unpaired) electrons. The molecule has 1 aliphatic rings. The number of carbonyl (C=O) groups is 1. The van der Waals surface area contributed by atoms with Crippen LogP contribution in [0.1, 0.15) is 18.7 Å². The Labute approximate surface area is 112 Å². The van der Waals surface area contributed by atoms with Gasteiger partial charge >= 0.3 is 6.18 Å². The van der Waals surface area contributed by atoms with Gasteiger partial charge in [-0.2, -0.15) is 13.2 Å². The van der Waals surface area contributed by atoms with Gasteiger partial charge in [0.05, 0.1) is 11.0 Å². The molecule has 2 N–H and O–H groups in total. The van der Waals surface area contributed by atoms with Gasteiger partial charge in [0.2, 0.25) is 5.91 Å². The highest BCUT2D eigenvalue weighted by Crippen LogP contribution is 2.58. The molecule has 0 atom stereocenters. The highest BCUT2D eigenvalue weighted by molar-refractivity contribution is 5.99. The van der Waals surface area contributed by atoms with E-state index in [1.165, 1.54) is 0 Å². The number of hydrogen-bond donors (Lipinski definition) is 2. The second-order valence-corrected chi connectivity index (χ2v) is 5.09. The minimum absolute atomic E-state index is 0.145. The molecular formula is C13H12F3N3O. The molecule has 0 spiro atoms. The van der Waals surface area contributed by atoms with Crippen molar-refractivity contribution in [1.29, 1.82) is 0 Å². The fraction of sp³-hybridized carbons (Fsp3) is 0.385. The van der Waals surface area contributed by atoms with Crippen LogP contribution in [-0.2, 0) is 4.79 Å². The zero-order chi connectivity index (χ0) is 14.5. The first kappa shape index (κ1) is 13.0. The summed E-state index contributed by atoms with van der Waals surface area (Å²) in [5, 5.41) is 2.35. The first-order valence-electron chi connectivity index (χ1n) is 6.16. The smallest absolute Gasteiger partial charge is 0.342 e. The number of anilines is 1. The summed E-state index contributed by atoms with van der Waals surface area (Å²) in [7, 11) is 0. The monoisotopic (exact) mass is 283 g/mol. The normalized spacial score (nSPS) is 17.2. The zero-order valence-corrected chi connectivity index (χ0v) is 10.6. The minimum atomic E-state index is -4.49. The first-order chi connectivity index (χ1) is 9.32. The lowest BCUT2D eigenvalue weighted by Crippen LogP contribution is -2.36. The molecular weight excluding hydrogens is 271 g/mol. The van der Waals surface area contributed by atoms with E-state index >= 15 is 0 Å². The molecule has 0 bridgehead atoms. The lowest BCUT2D eigenvalue weighted by Gasteiger charge is -2.18. The molecule has 1 aromatic carbocycles. The van der Waals surface area contributed by atoms with E-state index in [0.29, 0.717) is 22.5 Å². The van der Waals surface area contributed by atoms with Gasteiger partial charge in [0.15, 0.2) is 0 Å². The molecule has 1 aromatic heterocycles. The van der Waals surface area contributed by atoms with Crippen LogP contribution in [0.2, 0.25) is 0 Å². The number of halogens is 3. The number of carbonyl (C=O) groups excluding carboxylic acids is 1. The number of aryl methyl sites for hydroxylation is 1. The van der Waals surface area contributed by atoms with E-state index in [1.807, 2.05) is 0 Å². The largest absolute Gasteiger partial charge is 0.403 e. The number of alkyl halides is 3. The summed E-state index contributed by atoms with van der Waals surface area (Å²) < 4.78 is 38.5. The van der Waals surface area contributed by atoms with Gasteiger partial charge in [0.25, 0.3) is 0 Å². The number of nitrogens with one attached hydrogen (secondary N) is 2. The van der Waals surface area contributed by atoms with Crippen LogP contribution in [0.5, 0.6) is 0 Å². The maximum atomic E-state index is 12.8. The van der Waals surface area contributed by atoms with Crippen LogP contribution in [0.25, 0.3) is 11.0 Å². The number of aromatic amines is 1. The molecule has 1 fully saturated rings. The average Bonchev–Trinajstić information content (AvgIpc) is 3.07. The van der Waals surface area contributed by atoms with Gasteiger partial charge in [-0.3, -0.25) is 4.79 Å². The van der Waals surface area contributed by atoms with E-state index in [-0.39, 0.29) is 12.8 Å². The van der Waals surface area contributed by atoms with Crippen LogP contribution >= 0.6 is 0 Å². The van der Waals surface area contributed by atoms with Crippen molar-refractivity contribution in [1.82, 2.24) is 9.97 Å². The van der Waals surface area contributed by atoms with Crippen molar-refractivity contribution in [3.05, 3.63) is 24.0 Å². The summed E-state index contributed by atoms with van der Waals surface area (Å²) in [6.07, 6.45) is -4.78. The Morgan fingerprint density at radius 2 is 2.10 bits per heavy atom. The predicted molar refractivity (Wildman–Crippen MR) is 67.2 cm³/mol. The number of hydrogen-bond acceptors (Lipinski definition) is 2. The molecule has 4 nitrogen and oxygen atoms in total. The lowest BCUT2D eigenvalue weighted by atomic mass is 10.1.